The highest BCUT2D eigenvalue weighted by Gasteiger charge is 2.39. The van der Waals surface area contributed by atoms with E-state index in [9.17, 15) is 19.2 Å². The van der Waals surface area contributed by atoms with Crippen LogP contribution in [0.3, 0.4) is 0 Å². The van der Waals surface area contributed by atoms with Gasteiger partial charge in [-0.15, -0.1) is 0 Å². The zero-order valence-corrected chi connectivity index (χ0v) is 20.5. The predicted octanol–water partition coefficient (Wildman–Crippen LogP) is 1.98. The monoisotopic (exact) mass is 528 g/mol. The van der Waals surface area contributed by atoms with E-state index in [1.54, 1.807) is 13.8 Å². The highest BCUT2D eigenvalue weighted by Crippen LogP contribution is 2.41. The number of dihydropyridines is 1. The molecule has 5 N–H and O–H groups in total. The van der Waals surface area contributed by atoms with Gasteiger partial charge in [0, 0.05) is 29.4 Å². The molecular weight excluding hydrogens is 496 g/mol. The number of carbonyl (C=O) groups is 4. The van der Waals surface area contributed by atoms with Crippen molar-refractivity contribution in [3.05, 3.63) is 69.4 Å². The van der Waals surface area contributed by atoms with Crippen molar-refractivity contribution < 1.29 is 49.1 Å². The minimum Gasteiger partial charge on any atom is -0.478 e. The van der Waals surface area contributed by atoms with Gasteiger partial charge in [0.1, 0.15) is 0 Å². The summed E-state index contributed by atoms with van der Waals surface area (Å²) in [6, 6.07) is -2.07. The minimum absolute atomic E-state index is 0.0305. The van der Waals surface area contributed by atoms with Gasteiger partial charge in [0.15, 0.2) is 0 Å². The fraction of sp³-hybridized carbons (Fsp3) is 0.333. The molecule has 0 radical (unpaired) electrons. The first-order valence-corrected chi connectivity index (χ1v) is 10.8. The SMILES string of the molecule is O=C(O)/C=C/C(=O)O.[2H]c1c([2H])c([2H])c(C2C(C(=O)OC)=C(C)NC(COCCN)=C2C(=O)OCC)c(Cl)c1[2H]. The number of nitrogens with two attached hydrogens (primary N) is 1. The van der Waals surface area contributed by atoms with E-state index in [0.29, 0.717) is 17.8 Å². The molecule has 196 valence electrons. The van der Waals surface area contributed by atoms with E-state index in [0.717, 1.165) is 7.11 Å². The van der Waals surface area contributed by atoms with Crippen molar-refractivity contribution in [2.24, 2.45) is 5.73 Å². The third-order valence-electron chi connectivity index (χ3n) is 4.38. The molecule has 0 amide bonds. The summed E-state index contributed by atoms with van der Waals surface area (Å²) in [5.41, 5.74) is 5.80. The topological polar surface area (TPSA) is 174 Å². The molecule has 12 heteroatoms. The lowest BCUT2D eigenvalue weighted by Gasteiger charge is -2.31. The van der Waals surface area contributed by atoms with Crippen molar-refractivity contribution in [3.63, 3.8) is 0 Å². The highest BCUT2D eigenvalue weighted by molar-refractivity contribution is 6.31. The summed E-state index contributed by atoms with van der Waals surface area (Å²) in [6.07, 6.45) is 1.12. The second kappa shape index (κ2) is 15.4. The van der Waals surface area contributed by atoms with E-state index in [4.69, 9.17) is 47.2 Å². The van der Waals surface area contributed by atoms with E-state index < -0.39 is 54.0 Å². The third-order valence-corrected chi connectivity index (χ3v) is 4.68. The maximum Gasteiger partial charge on any atom is 0.336 e. The normalized spacial score (nSPS) is 16.6. The molecule has 0 saturated heterocycles. The van der Waals surface area contributed by atoms with Crippen LogP contribution in [0.25, 0.3) is 0 Å². The summed E-state index contributed by atoms with van der Waals surface area (Å²) in [5, 5.41) is 18.3. The number of ether oxygens (including phenoxy) is 3. The van der Waals surface area contributed by atoms with Crippen LogP contribution in [0.2, 0.25) is 5.02 Å². The number of methoxy groups -OCH3 is 1. The lowest BCUT2D eigenvalue weighted by molar-refractivity contribution is -0.139. The second-order valence-electron chi connectivity index (χ2n) is 6.78. The van der Waals surface area contributed by atoms with Crippen LogP contribution in [-0.2, 0) is 33.4 Å². The molecule has 36 heavy (non-hydrogen) atoms. The van der Waals surface area contributed by atoms with Crippen molar-refractivity contribution in [1.82, 2.24) is 5.32 Å². The van der Waals surface area contributed by atoms with Crippen LogP contribution in [0.1, 0.15) is 30.8 Å². The van der Waals surface area contributed by atoms with Crippen LogP contribution in [0, 0.1) is 0 Å². The largest absolute Gasteiger partial charge is 0.478 e. The first-order chi connectivity index (χ1) is 18.7. The summed E-state index contributed by atoms with van der Waals surface area (Å²) < 4.78 is 48.1. The van der Waals surface area contributed by atoms with Gasteiger partial charge in [-0.05, 0) is 25.5 Å². The number of esters is 2. The number of rotatable bonds is 10. The Labute approximate surface area is 218 Å². The zero-order chi connectivity index (χ0) is 30.7. The summed E-state index contributed by atoms with van der Waals surface area (Å²) in [5.74, 6) is -5.39. The molecule has 0 aliphatic carbocycles. The van der Waals surface area contributed by atoms with Crippen molar-refractivity contribution >= 4 is 35.5 Å². The highest BCUT2D eigenvalue weighted by atomic mass is 35.5. The molecular formula is C24H29ClN2O9. The van der Waals surface area contributed by atoms with Crippen molar-refractivity contribution in [2.75, 3.05) is 33.5 Å². The molecule has 0 saturated carbocycles. The number of carbonyl (C=O) groups excluding carboxylic acids is 2. The maximum atomic E-state index is 13.0. The number of halogens is 1. The van der Waals surface area contributed by atoms with Gasteiger partial charge in [0.25, 0.3) is 0 Å². The molecule has 0 spiro atoms. The average molecular weight is 529 g/mol. The van der Waals surface area contributed by atoms with Crippen LogP contribution in [0.5, 0.6) is 0 Å². The average Bonchev–Trinajstić information content (AvgIpc) is 2.90. The van der Waals surface area contributed by atoms with E-state index >= 15 is 0 Å². The fourth-order valence-corrected chi connectivity index (χ4v) is 3.24. The molecule has 0 bridgehead atoms. The number of hydrogen-bond acceptors (Lipinski definition) is 9. The standard InChI is InChI=1S/C20H25ClN2O5.C4H4O4/c1-4-28-20(25)18-15(11-27-10-9-22)23-12(2)16(19(24)26-3)17(18)13-7-5-6-8-14(13)21;5-3(6)1-2-4(7)8/h5-8,17,23H,4,9-11,22H2,1-3H3;1-2H,(H,5,6)(H,7,8)/b;2-1+/i5D,6D,7D,8D;. The third kappa shape index (κ3) is 8.84. The smallest absolute Gasteiger partial charge is 0.336 e. The maximum absolute atomic E-state index is 13.0. The summed E-state index contributed by atoms with van der Waals surface area (Å²) in [6.45, 7) is 3.57. The Kier molecular flexibility index (Phi) is 10.3. The first-order valence-electron chi connectivity index (χ1n) is 12.4. The number of carboxylic acids is 2. The lowest BCUT2D eigenvalue weighted by Crippen LogP contribution is -2.35. The molecule has 1 aliphatic heterocycles. The molecule has 0 aromatic heterocycles. The number of hydrogen-bond donors (Lipinski definition) is 4. The molecule has 2 rings (SSSR count). The van der Waals surface area contributed by atoms with Crippen LogP contribution in [0.4, 0.5) is 0 Å². The van der Waals surface area contributed by atoms with Crippen LogP contribution in [0.15, 0.2) is 58.9 Å². The number of aliphatic carboxylic acids is 2. The Morgan fingerprint density at radius 3 is 2.28 bits per heavy atom. The van der Waals surface area contributed by atoms with Crippen molar-refractivity contribution in [2.45, 2.75) is 19.8 Å². The van der Waals surface area contributed by atoms with Gasteiger partial charge in [-0.2, -0.15) is 0 Å². The summed E-state index contributed by atoms with van der Waals surface area (Å²) in [7, 11) is 1.16. The molecule has 1 unspecified atom stereocenters. The van der Waals surface area contributed by atoms with Crippen LogP contribution in [-0.4, -0.2) is 67.6 Å². The molecule has 1 atom stereocenters. The Morgan fingerprint density at radius 1 is 1.14 bits per heavy atom. The van der Waals surface area contributed by atoms with Crippen LogP contribution < -0.4 is 11.1 Å². The number of nitrogens with one attached hydrogen (secondary N) is 1. The van der Waals surface area contributed by atoms with Gasteiger partial charge in [-0.25, -0.2) is 19.2 Å². The summed E-state index contributed by atoms with van der Waals surface area (Å²) >= 11 is 6.36. The molecule has 1 heterocycles. The first kappa shape index (κ1) is 24.0. The van der Waals surface area contributed by atoms with Crippen LogP contribution >= 0.6 is 11.6 Å². The van der Waals surface area contributed by atoms with E-state index in [1.807, 2.05) is 0 Å². The summed E-state index contributed by atoms with van der Waals surface area (Å²) in [4.78, 5) is 44.9. The van der Waals surface area contributed by atoms with E-state index in [1.165, 1.54) is 0 Å². The van der Waals surface area contributed by atoms with Gasteiger partial charge in [-0.3, -0.25) is 0 Å². The number of carboxylic acid groups (broad SMARTS) is 2. The van der Waals surface area contributed by atoms with Gasteiger partial charge in [-0.1, -0.05) is 29.7 Å². The van der Waals surface area contributed by atoms with E-state index in [-0.39, 0.29) is 53.8 Å². The molecule has 1 aliphatic rings. The quantitative estimate of drug-likeness (QED) is 0.198. The Hall–Kier alpha value is -3.67. The van der Waals surface area contributed by atoms with Gasteiger partial charge in [0.2, 0.25) is 0 Å². The van der Waals surface area contributed by atoms with Gasteiger partial charge >= 0.3 is 23.9 Å². The second-order valence-corrected chi connectivity index (χ2v) is 7.16. The minimum atomic E-state index is -1.28. The Balaban J connectivity index is 0.000000869. The number of allylic oxidation sites excluding steroid dienone is 1. The van der Waals surface area contributed by atoms with Crippen molar-refractivity contribution in [3.8, 4) is 0 Å². The van der Waals surface area contributed by atoms with Gasteiger partial charge in [0.05, 0.1) is 55.2 Å². The predicted molar refractivity (Wildman–Crippen MR) is 130 cm³/mol. The van der Waals surface area contributed by atoms with Crippen molar-refractivity contribution in [1.29, 1.82) is 0 Å². The Bertz CT molecular complexity index is 1220. The molecule has 1 aromatic rings. The lowest BCUT2D eigenvalue weighted by atomic mass is 9.80. The van der Waals surface area contributed by atoms with Gasteiger partial charge < -0.3 is 35.5 Å². The fourth-order valence-electron chi connectivity index (χ4n) is 3.04. The zero-order valence-electron chi connectivity index (χ0n) is 23.8. The Morgan fingerprint density at radius 2 is 1.75 bits per heavy atom. The molecule has 0 fully saturated rings. The molecule has 11 nitrogen and oxygen atoms in total. The van der Waals surface area contributed by atoms with E-state index in [2.05, 4.69) is 5.32 Å². The number of benzene rings is 1. The molecule has 1 aromatic carbocycles.